The smallest absolute Gasteiger partial charge is 0.124 e. The van der Waals surface area contributed by atoms with Gasteiger partial charge in [-0.05, 0) is 73.2 Å². The summed E-state index contributed by atoms with van der Waals surface area (Å²) >= 11 is 1.72. The molecule has 1 aromatic heterocycles. The van der Waals surface area contributed by atoms with Crippen LogP contribution in [0.1, 0.15) is 48.7 Å². The van der Waals surface area contributed by atoms with Gasteiger partial charge in [-0.2, -0.15) is 0 Å². The van der Waals surface area contributed by atoms with Crippen molar-refractivity contribution in [2.24, 2.45) is 5.92 Å². The van der Waals surface area contributed by atoms with Crippen molar-refractivity contribution in [1.82, 2.24) is 9.88 Å². The van der Waals surface area contributed by atoms with Gasteiger partial charge < -0.3 is 9.64 Å². The second kappa shape index (κ2) is 10.3. The zero-order valence-electron chi connectivity index (χ0n) is 20.5. The number of piperidine rings is 1. The zero-order chi connectivity index (χ0) is 23.5. The van der Waals surface area contributed by atoms with Crippen molar-refractivity contribution in [2.75, 3.05) is 19.6 Å². The molecule has 1 saturated heterocycles. The maximum atomic E-state index is 6.30. The molecule has 1 fully saturated rings. The molecule has 0 unspecified atom stereocenters. The van der Waals surface area contributed by atoms with Crippen molar-refractivity contribution in [3.8, 4) is 16.3 Å². The zero-order valence-corrected chi connectivity index (χ0v) is 21.3. The van der Waals surface area contributed by atoms with Gasteiger partial charge >= 0.3 is 0 Å². The van der Waals surface area contributed by atoms with Crippen LogP contribution >= 0.6 is 11.3 Å². The molecule has 0 N–H and O–H groups in total. The van der Waals surface area contributed by atoms with Gasteiger partial charge in [-0.3, -0.25) is 0 Å². The first-order valence-corrected chi connectivity index (χ1v) is 13.3. The van der Waals surface area contributed by atoms with Crippen LogP contribution in [0.15, 0.2) is 66.7 Å². The van der Waals surface area contributed by atoms with Crippen LogP contribution in [0.2, 0.25) is 0 Å². The average molecular weight is 471 g/mol. The van der Waals surface area contributed by atoms with Crippen molar-refractivity contribution in [3.05, 3.63) is 82.9 Å². The first-order chi connectivity index (χ1) is 16.6. The molecule has 0 atom stereocenters. The molecule has 3 aromatic carbocycles. The quantitative estimate of drug-likeness (QED) is 0.277. The van der Waals surface area contributed by atoms with E-state index in [2.05, 4.69) is 86.3 Å². The minimum atomic E-state index is 0.553. The molecule has 176 valence electrons. The predicted molar refractivity (Wildman–Crippen MR) is 144 cm³/mol. The summed E-state index contributed by atoms with van der Waals surface area (Å²) in [4.78, 5) is 8.59. The summed E-state index contributed by atoms with van der Waals surface area (Å²) in [6, 6.07) is 23.7. The topological polar surface area (TPSA) is 25.4 Å². The van der Waals surface area contributed by atoms with Gasteiger partial charge in [-0.25, -0.2) is 4.98 Å². The molecule has 1 aliphatic heterocycles. The maximum Gasteiger partial charge on any atom is 0.124 e. The van der Waals surface area contributed by atoms with Crippen molar-refractivity contribution >= 4 is 22.1 Å². The Labute approximate surface area is 207 Å². The fourth-order valence-corrected chi connectivity index (χ4v) is 6.06. The highest BCUT2D eigenvalue weighted by Gasteiger charge is 2.22. The molecule has 3 nitrogen and oxygen atoms in total. The van der Waals surface area contributed by atoms with E-state index >= 15 is 0 Å². The number of hydrogen-bond acceptors (Lipinski definition) is 4. The number of aromatic nitrogens is 1. The molecule has 0 amide bonds. The van der Waals surface area contributed by atoms with E-state index in [0.29, 0.717) is 12.5 Å². The summed E-state index contributed by atoms with van der Waals surface area (Å²) < 4.78 is 6.30. The standard InChI is InChI=1S/C30H34N2OS/c1-21(2)19-32-16-14-24(15-17-32)27-11-7-10-23-12-13-26(18-28(23)27)33-20-29-22(3)31-30(34-29)25-8-5-4-6-9-25/h4-13,18,21,24H,14-17,19-20H2,1-3H3. The van der Waals surface area contributed by atoms with E-state index in [1.54, 1.807) is 11.3 Å². The first-order valence-electron chi connectivity index (χ1n) is 12.5. The molecule has 5 rings (SSSR count). The molecular formula is C30H34N2OS. The Hall–Kier alpha value is -2.69. The van der Waals surface area contributed by atoms with E-state index in [4.69, 9.17) is 9.72 Å². The molecule has 1 aliphatic rings. The van der Waals surface area contributed by atoms with Crippen LogP contribution in [0.25, 0.3) is 21.3 Å². The van der Waals surface area contributed by atoms with Gasteiger partial charge in [0.2, 0.25) is 0 Å². The number of nitrogens with zero attached hydrogens (tertiary/aromatic N) is 2. The molecule has 34 heavy (non-hydrogen) atoms. The summed E-state index contributed by atoms with van der Waals surface area (Å²) in [7, 11) is 0. The predicted octanol–water partition coefficient (Wildman–Crippen LogP) is 7.69. The van der Waals surface area contributed by atoms with Crippen LogP contribution in [-0.4, -0.2) is 29.5 Å². The average Bonchev–Trinajstić information content (AvgIpc) is 3.23. The highest BCUT2D eigenvalue weighted by molar-refractivity contribution is 7.15. The number of benzene rings is 3. The lowest BCUT2D eigenvalue weighted by atomic mass is 9.86. The maximum absolute atomic E-state index is 6.30. The van der Waals surface area contributed by atoms with Crippen LogP contribution in [0.4, 0.5) is 0 Å². The van der Waals surface area contributed by atoms with Crippen LogP contribution in [-0.2, 0) is 6.61 Å². The second-order valence-corrected chi connectivity index (χ2v) is 11.0. The summed E-state index contributed by atoms with van der Waals surface area (Å²) in [5, 5.41) is 3.70. The first kappa shape index (κ1) is 23.1. The molecule has 0 radical (unpaired) electrons. The van der Waals surface area contributed by atoms with Gasteiger partial charge in [0.25, 0.3) is 0 Å². The van der Waals surface area contributed by atoms with E-state index in [-0.39, 0.29) is 0 Å². The minimum Gasteiger partial charge on any atom is -0.488 e. The lowest BCUT2D eigenvalue weighted by Gasteiger charge is -2.33. The van der Waals surface area contributed by atoms with Crippen LogP contribution in [0.5, 0.6) is 5.75 Å². The van der Waals surface area contributed by atoms with Crippen LogP contribution < -0.4 is 4.74 Å². The number of fused-ring (bicyclic) bond motifs is 1. The normalized spacial score (nSPS) is 15.3. The van der Waals surface area contributed by atoms with Gasteiger partial charge in [0.05, 0.1) is 10.6 Å². The molecule has 0 spiro atoms. The van der Waals surface area contributed by atoms with Crippen molar-refractivity contribution in [1.29, 1.82) is 0 Å². The van der Waals surface area contributed by atoms with Gasteiger partial charge in [0.15, 0.2) is 0 Å². The van der Waals surface area contributed by atoms with Crippen molar-refractivity contribution in [2.45, 2.75) is 46.1 Å². The van der Waals surface area contributed by atoms with Crippen LogP contribution in [0, 0.1) is 12.8 Å². The van der Waals surface area contributed by atoms with E-state index in [9.17, 15) is 0 Å². The number of aryl methyl sites for hydroxylation is 1. The number of thiazole rings is 1. The summed E-state index contributed by atoms with van der Waals surface area (Å²) in [6.07, 6.45) is 2.47. The highest BCUT2D eigenvalue weighted by Crippen LogP contribution is 2.35. The van der Waals surface area contributed by atoms with Gasteiger partial charge in [-0.1, -0.05) is 68.4 Å². The van der Waals surface area contributed by atoms with E-state index in [0.717, 1.165) is 27.9 Å². The number of rotatable bonds is 7. The molecular weight excluding hydrogens is 436 g/mol. The Morgan fingerprint density at radius 1 is 1.00 bits per heavy atom. The van der Waals surface area contributed by atoms with E-state index in [1.165, 1.54) is 53.7 Å². The SMILES string of the molecule is Cc1nc(-c2ccccc2)sc1COc1ccc2cccc(C3CCN(CC(C)C)CC3)c2c1. The lowest BCUT2D eigenvalue weighted by molar-refractivity contribution is 0.192. The molecule has 0 saturated carbocycles. The van der Waals surface area contributed by atoms with Crippen molar-refractivity contribution < 1.29 is 4.74 Å². The Bertz CT molecular complexity index is 1240. The van der Waals surface area contributed by atoms with Crippen molar-refractivity contribution in [3.63, 3.8) is 0 Å². The largest absolute Gasteiger partial charge is 0.488 e. The monoisotopic (exact) mass is 470 g/mol. The molecule has 4 heteroatoms. The van der Waals surface area contributed by atoms with E-state index < -0.39 is 0 Å². The third-order valence-corrected chi connectivity index (χ3v) is 8.00. The summed E-state index contributed by atoms with van der Waals surface area (Å²) in [6.45, 7) is 10.9. The number of hydrogen-bond donors (Lipinski definition) is 0. The molecule has 0 aliphatic carbocycles. The summed E-state index contributed by atoms with van der Waals surface area (Å²) in [5.41, 5.74) is 3.70. The third kappa shape index (κ3) is 5.18. The second-order valence-electron chi connectivity index (χ2n) is 9.88. The third-order valence-electron chi connectivity index (χ3n) is 6.82. The summed E-state index contributed by atoms with van der Waals surface area (Å²) in [5.74, 6) is 2.30. The molecule has 2 heterocycles. The van der Waals surface area contributed by atoms with E-state index in [1.807, 2.05) is 6.07 Å². The Morgan fingerprint density at radius 3 is 2.56 bits per heavy atom. The Balaban J connectivity index is 1.31. The Kier molecular flexibility index (Phi) is 6.98. The fraction of sp³-hybridized carbons (Fsp3) is 0.367. The van der Waals surface area contributed by atoms with Gasteiger partial charge in [-0.15, -0.1) is 11.3 Å². The fourth-order valence-electron chi connectivity index (χ4n) is 5.08. The number of ether oxygens (including phenoxy) is 1. The molecule has 0 bridgehead atoms. The van der Waals surface area contributed by atoms with Gasteiger partial charge in [0, 0.05) is 12.1 Å². The van der Waals surface area contributed by atoms with Crippen LogP contribution in [0.3, 0.4) is 0 Å². The highest BCUT2D eigenvalue weighted by atomic mass is 32.1. The molecule has 4 aromatic rings. The van der Waals surface area contributed by atoms with Gasteiger partial charge in [0.1, 0.15) is 17.4 Å². The minimum absolute atomic E-state index is 0.553. The lowest BCUT2D eigenvalue weighted by Crippen LogP contribution is -2.35. The Morgan fingerprint density at radius 2 is 1.79 bits per heavy atom. The number of likely N-dealkylation sites (tertiary alicyclic amines) is 1.